The van der Waals surface area contributed by atoms with Crippen LogP contribution in [0.2, 0.25) is 0 Å². The SMILES string of the molecule is Cc1ccc(NCc2ccc([N+](=O)[O-])o2)cc1C. The normalized spacial score (nSPS) is 10.3. The molecule has 2 rings (SSSR count). The van der Waals surface area contributed by atoms with Gasteiger partial charge in [0.1, 0.15) is 10.7 Å². The highest BCUT2D eigenvalue weighted by Crippen LogP contribution is 2.18. The Kier molecular flexibility index (Phi) is 3.32. The second-order valence-corrected chi connectivity index (χ2v) is 4.15. The summed E-state index contributed by atoms with van der Waals surface area (Å²) in [4.78, 5) is 9.92. The quantitative estimate of drug-likeness (QED) is 0.663. The molecule has 0 aliphatic rings. The smallest absolute Gasteiger partial charge is 0.404 e. The number of anilines is 1. The Hall–Kier alpha value is -2.30. The van der Waals surface area contributed by atoms with E-state index in [2.05, 4.69) is 12.2 Å². The number of rotatable bonds is 4. The second kappa shape index (κ2) is 4.91. The molecule has 2 aromatic rings. The van der Waals surface area contributed by atoms with Crippen LogP contribution in [0.3, 0.4) is 0 Å². The molecule has 0 fully saturated rings. The fourth-order valence-electron chi connectivity index (χ4n) is 1.60. The fourth-order valence-corrected chi connectivity index (χ4v) is 1.60. The van der Waals surface area contributed by atoms with Gasteiger partial charge in [-0.25, -0.2) is 0 Å². The highest BCUT2D eigenvalue weighted by molar-refractivity contribution is 5.48. The summed E-state index contributed by atoms with van der Waals surface area (Å²) in [7, 11) is 0. The summed E-state index contributed by atoms with van der Waals surface area (Å²) >= 11 is 0. The Labute approximate surface area is 105 Å². The van der Waals surface area contributed by atoms with Crippen LogP contribution in [0.4, 0.5) is 11.6 Å². The molecule has 0 saturated carbocycles. The van der Waals surface area contributed by atoms with Crippen molar-refractivity contribution in [3.63, 3.8) is 0 Å². The zero-order valence-corrected chi connectivity index (χ0v) is 10.3. The molecule has 94 valence electrons. The maximum Gasteiger partial charge on any atom is 0.433 e. The third-order valence-electron chi connectivity index (χ3n) is 2.80. The van der Waals surface area contributed by atoms with E-state index >= 15 is 0 Å². The molecule has 0 saturated heterocycles. The summed E-state index contributed by atoms with van der Waals surface area (Å²) in [5, 5.41) is 13.6. The number of nitrogens with one attached hydrogen (secondary N) is 1. The maximum atomic E-state index is 10.5. The average Bonchev–Trinajstić information content (AvgIpc) is 2.79. The molecule has 0 spiro atoms. The summed E-state index contributed by atoms with van der Waals surface area (Å²) in [6.07, 6.45) is 0. The first-order valence-electron chi connectivity index (χ1n) is 5.60. The van der Waals surface area contributed by atoms with E-state index in [1.54, 1.807) is 6.07 Å². The van der Waals surface area contributed by atoms with Crippen LogP contribution >= 0.6 is 0 Å². The van der Waals surface area contributed by atoms with Gasteiger partial charge in [-0.3, -0.25) is 10.1 Å². The first-order valence-corrected chi connectivity index (χ1v) is 5.60. The number of benzene rings is 1. The molecular weight excluding hydrogens is 232 g/mol. The summed E-state index contributed by atoms with van der Waals surface area (Å²) in [6.45, 7) is 4.52. The van der Waals surface area contributed by atoms with Gasteiger partial charge in [-0.2, -0.15) is 0 Å². The van der Waals surface area contributed by atoms with E-state index in [0.29, 0.717) is 12.3 Å². The largest absolute Gasteiger partial charge is 0.433 e. The molecule has 0 radical (unpaired) electrons. The van der Waals surface area contributed by atoms with Crippen molar-refractivity contribution in [3.8, 4) is 0 Å². The van der Waals surface area contributed by atoms with E-state index in [1.807, 2.05) is 25.1 Å². The van der Waals surface area contributed by atoms with Crippen molar-refractivity contribution in [1.29, 1.82) is 0 Å². The molecule has 0 aliphatic heterocycles. The van der Waals surface area contributed by atoms with E-state index in [9.17, 15) is 10.1 Å². The van der Waals surface area contributed by atoms with Crippen LogP contribution in [-0.4, -0.2) is 4.92 Å². The van der Waals surface area contributed by atoms with Crippen LogP contribution in [-0.2, 0) is 6.54 Å². The molecule has 5 nitrogen and oxygen atoms in total. The maximum absolute atomic E-state index is 10.5. The van der Waals surface area contributed by atoms with Crippen molar-refractivity contribution >= 4 is 11.6 Å². The van der Waals surface area contributed by atoms with Crippen LogP contribution in [0.25, 0.3) is 0 Å². The van der Waals surface area contributed by atoms with E-state index in [0.717, 1.165) is 5.69 Å². The van der Waals surface area contributed by atoms with E-state index < -0.39 is 4.92 Å². The lowest BCUT2D eigenvalue weighted by atomic mass is 10.1. The summed E-state index contributed by atoms with van der Waals surface area (Å²) in [5.74, 6) is 0.312. The highest BCUT2D eigenvalue weighted by Gasteiger charge is 2.11. The molecule has 0 bridgehead atoms. The standard InChI is InChI=1S/C13H14N2O3/c1-9-3-4-11(7-10(9)2)14-8-12-5-6-13(18-12)15(16)17/h3-7,14H,8H2,1-2H3. The Balaban J connectivity index is 2.02. The molecule has 0 atom stereocenters. The van der Waals surface area contributed by atoms with Gasteiger partial charge in [0.15, 0.2) is 0 Å². The van der Waals surface area contributed by atoms with Crippen LogP contribution in [0.5, 0.6) is 0 Å². The first kappa shape index (κ1) is 12.2. The molecule has 0 amide bonds. The summed E-state index contributed by atoms with van der Waals surface area (Å²) in [5.41, 5.74) is 3.40. The predicted octanol–water partition coefficient (Wildman–Crippen LogP) is 3.42. The molecule has 0 aliphatic carbocycles. The lowest BCUT2D eigenvalue weighted by Crippen LogP contribution is -1.98. The Morgan fingerprint density at radius 1 is 1.22 bits per heavy atom. The molecule has 1 heterocycles. The van der Waals surface area contributed by atoms with E-state index in [-0.39, 0.29) is 5.88 Å². The molecular formula is C13H14N2O3. The Morgan fingerprint density at radius 3 is 2.61 bits per heavy atom. The topological polar surface area (TPSA) is 68.3 Å². The zero-order valence-electron chi connectivity index (χ0n) is 10.3. The van der Waals surface area contributed by atoms with Gasteiger partial charge in [-0.1, -0.05) is 6.07 Å². The van der Waals surface area contributed by atoms with E-state index in [4.69, 9.17) is 4.42 Å². The number of hydrogen-bond donors (Lipinski definition) is 1. The molecule has 1 N–H and O–H groups in total. The van der Waals surface area contributed by atoms with Gasteiger partial charge < -0.3 is 9.73 Å². The number of furan rings is 1. The van der Waals surface area contributed by atoms with Gasteiger partial charge in [0.2, 0.25) is 0 Å². The van der Waals surface area contributed by atoms with Crippen molar-refractivity contribution in [2.45, 2.75) is 20.4 Å². The van der Waals surface area contributed by atoms with Gasteiger partial charge in [0, 0.05) is 5.69 Å². The van der Waals surface area contributed by atoms with E-state index in [1.165, 1.54) is 17.2 Å². The summed E-state index contributed by atoms with van der Waals surface area (Å²) in [6, 6.07) is 9.00. The van der Waals surface area contributed by atoms with Crippen LogP contribution in [0.1, 0.15) is 16.9 Å². The molecule has 1 aromatic carbocycles. The minimum Gasteiger partial charge on any atom is -0.404 e. The Bertz CT molecular complexity index is 575. The Morgan fingerprint density at radius 2 is 2.00 bits per heavy atom. The first-order chi connectivity index (χ1) is 8.56. The lowest BCUT2D eigenvalue weighted by molar-refractivity contribution is -0.402. The van der Waals surface area contributed by atoms with Crippen LogP contribution in [0.15, 0.2) is 34.7 Å². The van der Waals surface area contributed by atoms with Crippen molar-refractivity contribution in [2.75, 3.05) is 5.32 Å². The van der Waals surface area contributed by atoms with Crippen LogP contribution < -0.4 is 5.32 Å². The molecule has 1 aromatic heterocycles. The number of nitro groups is 1. The molecule has 18 heavy (non-hydrogen) atoms. The van der Waals surface area contributed by atoms with Gasteiger partial charge in [0.05, 0.1) is 12.6 Å². The number of nitrogens with zero attached hydrogens (tertiary/aromatic N) is 1. The second-order valence-electron chi connectivity index (χ2n) is 4.15. The number of hydrogen-bond acceptors (Lipinski definition) is 4. The van der Waals surface area contributed by atoms with Crippen molar-refractivity contribution in [1.82, 2.24) is 0 Å². The fraction of sp³-hybridized carbons (Fsp3) is 0.231. The number of aryl methyl sites for hydroxylation is 2. The zero-order chi connectivity index (χ0) is 13.1. The van der Waals surface area contributed by atoms with Crippen molar-refractivity contribution in [2.24, 2.45) is 0 Å². The summed E-state index contributed by atoms with van der Waals surface area (Å²) < 4.78 is 5.06. The van der Waals surface area contributed by atoms with Gasteiger partial charge >= 0.3 is 5.88 Å². The average molecular weight is 246 g/mol. The van der Waals surface area contributed by atoms with Crippen LogP contribution in [0, 0.1) is 24.0 Å². The van der Waals surface area contributed by atoms with Gasteiger partial charge in [-0.15, -0.1) is 0 Å². The molecule has 5 heteroatoms. The van der Waals surface area contributed by atoms with Gasteiger partial charge in [0.25, 0.3) is 0 Å². The minimum absolute atomic E-state index is 0.230. The lowest BCUT2D eigenvalue weighted by Gasteiger charge is -2.06. The monoisotopic (exact) mass is 246 g/mol. The van der Waals surface area contributed by atoms with Crippen molar-refractivity contribution in [3.05, 3.63) is 57.3 Å². The highest BCUT2D eigenvalue weighted by atomic mass is 16.6. The third-order valence-corrected chi connectivity index (χ3v) is 2.80. The third kappa shape index (κ3) is 2.68. The molecule has 0 unspecified atom stereocenters. The van der Waals surface area contributed by atoms with Crippen molar-refractivity contribution < 1.29 is 9.34 Å². The minimum atomic E-state index is -0.542. The predicted molar refractivity (Wildman–Crippen MR) is 68.6 cm³/mol. The van der Waals surface area contributed by atoms with Gasteiger partial charge in [-0.05, 0) is 43.2 Å².